The molecule has 0 aliphatic rings. The van der Waals surface area contributed by atoms with E-state index in [9.17, 15) is 4.79 Å². The number of hydrogen-bond donors (Lipinski definition) is 2. The van der Waals surface area contributed by atoms with Crippen molar-refractivity contribution in [3.8, 4) is 0 Å². The molecular weight excluding hydrogens is 216 g/mol. The second-order valence-corrected chi connectivity index (χ2v) is 4.22. The van der Waals surface area contributed by atoms with Crippen molar-refractivity contribution < 1.29 is 9.53 Å². The molecular formula is C13H20N2O2. The van der Waals surface area contributed by atoms with E-state index in [2.05, 4.69) is 11.4 Å². The minimum atomic E-state index is -0.221. The van der Waals surface area contributed by atoms with Crippen molar-refractivity contribution in [2.75, 3.05) is 19.0 Å². The van der Waals surface area contributed by atoms with Gasteiger partial charge in [-0.05, 0) is 37.1 Å². The average molecular weight is 236 g/mol. The van der Waals surface area contributed by atoms with Gasteiger partial charge in [-0.2, -0.15) is 0 Å². The maximum Gasteiger partial charge on any atom is 0.227 e. The molecule has 1 aromatic rings. The van der Waals surface area contributed by atoms with Gasteiger partial charge < -0.3 is 15.8 Å². The van der Waals surface area contributed by atoms with Gasteiger partial charge in [-0.1, -0.05) is 6.07 Å². The number of amides is 1. The van der Waals surface area contributed by atoms with Crippen LogP contribution in [0.4, 0.5) is 5.69 Å². The number of hydrogen-bond acceptors (Lipinski definition) is 3. The van der Waals surface area contributed by atoms with E-state index in [-0.39, 0.29) is 18.4 Å². The van der Waals surface area contributed by atoms with Crippen LogP contribution >= 0.6 is 0 Å². The van der Waals surface area contributed by atoms with Crippen molar-refractivity contribution in [3.63, 3.8) is 0 Å². The minimum absolute atomic E-state index is 0.0766. The number of ether oxygens (including phenoxy) is 1. The summed E-state index contributed by atoms with van der Waals surface area (Å²) in [6.07, 6.45) is 0.0564. The Morgan fingerprint density at radius 1 is 1.35 bits per heavy atom. The fourth-order valence-electron chi connectivity index (χ4n) is 1.73. The quantitative estimate of drug-likeness (QED) is 0.816. The molecule has 0 fully saturated rings. The number of carbonyl (C=O) groups excluding carboxylic acids is 1. The van der Waals surface area contributed by atoms with Crippen LogP contribution in [0, 0.1) is 13.8 Å². The summed E-state index contributed by atoms with van der Waals surface area (Å²) in [5.74, 6) is -0.0766. The largest absolute Gasteiger partial charge is 0.380 e. The first-order valence-corrected chi connectivity index (χ1v) is 5.66. The van der Waals surface area contributed by atoms with Gasteiger partial charge in [0.2, 0.25) is 5.91 Å². The molecule has 94 valence electrons. The lowest BCUT2D eigenvalue weighted by Crippen LogP contribution is -2.28. The molecule has 17 heavy (non-hydrogen) atoms. The Kier molecular flexibility index (Phi) is 5.12. The lowest BCUT2D eigenvalue weighted by atomic mass is 10.1. The third-order valence-electron chi connectivity index (χ3n) is 2.51. The van der Waals surface area contributed by atoms with Crippen molar-refractivity contribution in [3.05, 3.63) is 29.3 Å². The molecule has 1 unspecified atom stereocenters. The summed E-state index contributed by atoms with van der Waals surface area (Å²) in [6, 6.07) is 5.94. The predicted octanol–water partition coefficient (Wildman–Crippen LogP) is 1.61. The van der Waals surface area contributed by atoms with E-state index in [4.69, 9.17) is 10.5 Å². The van der Waals surface area contributed by atoms with Crippen LogP contribution in [-0.2, 0) is 9.53 Å². The molecule has 0 aliphatic heterocycles. The predicted molar refractivity (Wildman–Crippen MR) is 69.0 cm³/mol. The molecule has 1 atom stereocenters. The topological polar surface area (TPSA) is 64.3 Å². The second-order valence-electron chi connectivity index (χ2n) is 4.22. The lowest BCUT2D eigenvalue weighted by molar-refractivity contribution is -0.118. The first-order chi connectivity index (χ1) is 8.05. The molecule has 0 aromatic heterocycles. The standard InChI is InChI=1S/C13H20N2O2/c1-9-4-10(2)6-11(5-9)15-13(16)7-12(8-14)17-3/h4-6,12H,7-8,14H2,1-3H3,(H,15,16). The minimum Gasteiger partial charge on any atom is -0.380 e. The molecule has 4 heteroatoms. The van der Waals surface area contributed by atoms with Crippen molar-refractivity contribution in [1.82, 2.24) is 0 Å². The molecule has 0 aliphatic carbocycles. The number of nitrogens with two attached hydrogens (primary N) is 1. The highest BCUT2D eigenvalue weighted by Crippen LogP contribution is 2.14. The molecule has 0 radical (unpaired) electrons. The van der Waals surface area contributed by atoms with Crippen LogP contribution in [0.1, 0.15) is 17.5 Å². The van der Waals surface area contributed by atoms with Crippen molar-refractivity contribution in [2.24, 2.45) is 5.73 Å². The van der Waals surface area contributed by atoms with Crippen LogP contribution in [0.5, 0.6) is 0 Å². The van der Waals surface area contributed by atoms with Gasteiger partial charge in [0, 0.05) is 19.3 Å². The zero-order chi connectivity index (χ0) is 12.8. The van der Waals surface area contributed by atoms with Crippen LogP contribution in [-0.4, -0.2) is 25.7 Å². The number of rotatable bonds is 5. The summed E-state index contributed by atoms with van der Waals surface area (Å²) in [4.78, 5) is 11.7. The van der Waals surface area contributed by atoms with Gasteiger partial charge in [0.05, 0.1) is 12.5 Å². The van der Waals surface area contributed by atoms with E-state index >= 15 is 0 Å². The van der Waals surface area contributed by atoms with Crippen molar-refractivity contribution in [2.45, 2.75) is 26.4 Å². The molecule has 4 nitrogen and oxygen atoms in total. The molecule has 0 spiro atoms. The van der Waals surface area contributed by atoms with E-state index in [1.165, 1.54) is 0 Å². The number of nitrogens with one attached hydrogen (secondary N) is 1. The highest BCUT2D eigenvalue weighted by molar-refractivity contribution is 5.91. The molecule has 0 saturated carbocycles. The number of anilines is 1. The van der Waals surface area contributed by atoms with E-state index in [1.54, 1.807) is 7.11 Å². The van der Waals surface area contributed by atoms with Crippen molar-refractivity contribution in [1.29, 1.82) is 0 Å². The maximum atomic E-state index is 11.7. The summed E-state index contributed by atoms with van der Waals surface area (Å²) in [5, 5.41) is 2.85. The van der Waals surface area contributed by atoms with Gasteiger partial charge in [-0.25, -0.2) is 0 Å². The van der Waals surface area contributed by atoms with E-state index < -0.39 is 0 Å². The second kappa shape index (κ2) is 6.37. The van der Waals surface area contributed by atoms with E-state index in [0.717, 1.165) is 16.8 Å². The normalized spacial score (nSPS) is 12.2. The highest BCUT2D eigenvalue weighted by atomic mass is 16.5. The Bertz CT molecular complexity index is 367. The summed E-state index contributed by atoms with van der Waals surface area (Å²) in [5.41, 5.74) is 8.54. The first-order valence-electron chi connectivity index (χ1n) is 5.66. The average Bonchev–Trinajstić information content (AvgIpc) is 2.24. The number of methoxy groups -OCH3 is 1. The van der Waals surface area contributed by atoms with Gasteiger partial charge in [0.25, 0.3) is 0 Å². The fourth-order valence-corrected chi connectivity index (χ4v) is 1.73. The Balaban J connectivity index is 2.61. The van der Waals surface area contributed by atoms with Crippen LogP contribution < -0.4 is 11.1 Å². The fraction of sp³-hybridized carbons (Fsp3) is 0.462. The van der Waals surface area contributed by atoms with Crippen molar-refractivity contribution >= 4 is 11.6 Å². The molecule has 1 rings (SSSR count). The van der Waals surface area contributed by atoms with Crippen LogP contribution in [0.25, 0.3) is 0 Å². The van der Waals surface area contributed by atoms with Crippen LogP contribution in [0.2, 0.25) is 0 Å². The molecule has 3 N–H and O–H groups in total. The van der Waals surface area contributed by atoms with Crippen LogP contribution in [0.15, 0.2) is 18.2 Å². The lowest BCUT2D eigenvalue weighted by Gasteiger charge is -2.13. The van der Waals surface area contributed by atoms with E-state index in [1.807, 2.05) is 26.0 Å². The molecule has 0 saturated heterocycles. The third kappa shape index (κ3) is 4.54. The smallest absolute Gasteiger partial charge is 0.227 e. The van der Waals surface area contributed by atoms with Gasteiger partial charge >= 0.3 is 0 Å². The Hall–Kier alpha value is -1.39. The number of carbonyl (C=O) groups is 1. The first kappa shape index (κ1) is 13.7. The molecule has 1 aromatic carbocycles. The number of aryl methyl sites for hydroxylation is 2. The van der Waals surface area contributed by atoms with Gasteiger partial charge in [0.1, 0.15) is 0 Å². The van der Waals surface area contributed by atoms with Gasteiger partial charge in [0.15, 0.2) is 0 Å². The molecule has 1 amide bonds. The summed E-state index contributed by atoms with van der Waals surface area (Å²) < 4.78 is 5.07. The van der Waals surface area contributed by atoms with Gasteiger partial charge in [-0.3, -0.25) is 4.79 Å². The van der Waals surface area contributed by atoms with E-state index in [0.29, 0.717) is 6.54 Å². The summed E-state index contributed by atoms with van der Waals surface area (Å²) >= 11 is 0. The SMILES string of the molecule is COC(CN)CC(=O)Nc1cc(C)cc(C)c1. The van der Waals surface area contributed by atoms with Gasteiger partial charge in [-0.15, -0.1) is 0 Å². The number of benzene rings is 1. The molecule has 0 bridgehead atoms. The Labute approximate surface area is 102 Å². The zero-order valence-electron chi connectivity index (χ0n) is 10.6. The summed E-state index contributed by atoms with van der Waals surface area (Å²) in [6.45, 7) is 4.35. The Morgan fingerprint density at radius 3 is 2.41 bits per heavy atom. The monoisotopic (exact) mass is 236 g/mol. The maximum absolute atomic E-state index is 11.7. The third-order valence-corrected chi connectivity index (χ3v) is 2.51. The zero-order valence-corrected chi connectivity index (χ0v) is 10.6. The molecule has 0 heterocycles. The summed E-state index contributed by atoms with van der Waals surface area (Å²) in [7, 11) is 1.56. The van der Waals surface area contributed by atoms with Crippen LogP contribution in [0.3, 0.4) is 0 Å². The highest BCUT2D eigenvalue weighted by Gasteiger charge is 2.11. The Morgan fingerprint density at radius 2 is 1.94 bits per heavy atom.